The lowest BCUT2D eigenvalue weighted by Gasteiger charge is -2.21. The van der Waals surface area contributed by atoms with Crippen molar-refractivity contribution in [1.82, 2.24) is 9.97 Å². The second-order valence-electron chi connectivity index (χ2n) is 9.42. The summed E-state index contributed by atoms with van der Waals surface area (Å²) < 4.78 is 17.1. The Morgan fingerprint density at radius 3 is 2.76 bits per heavy atom. The van der Waals surface area contributed by atoms with Crippen molar-refractivity contribution in [1.29, 1.82) is 0 Å². The van der Waals surface area contributed by atoms with Gasteiger partial charge >= 0.3 is 12.0 Å². The van der Waals surface area contributed by atoms with E-state index in [-0.39, 0.29) is 17.8 Å². The fourth-order valence-corrected chi connectivity index (χ4v) is 4.99. The predicted molar refractivity (Wildman–Crippen MR) is 142 cm³/mol. The first-order valence-corrected chi connectivity index (χ1v) is 12.7. The molecule has 37 heavy (non-hydrogen) atoms. The van der Waals surface area contributed by atoms with Gasteiger partial charge in [-0.15, -0.1) is 0 Å². The van der Waals surface area contributed by atoms with E-state index in [9.17, 15) is 9.90 Å². The van der Waals surface area contributed by atoms with Gasteiger partial charge < -0.3 is 24.2 Å². The first kappa shape index (κ1) is 26.3. The number of rotatable bonds is 12. The third-order valence-corrected chi connectivity index (χ3v) is 6.92. The number of aromatic nitrogens is 2. The quantitative estimate of drug-likeness (QED) is 0.317. The molecule has 2 atom stereocenters. The Morgan fingerprint density at radius 1 is 1.19 bits per heavy atom. The van der Waals surface area contributed by atoms with E-state index in [1.165, 1.54) is 5.56 Å². The Kier molecular flexibility index (Phi) is 8.48. The summed E-state index contributed by atoms with van der Waals surface area (Å²) in [5.41, 5.74) is 3.33. The number of hydrogen-bond donors (Lipinski definition) is 1. The number of benzene rings is 2. The highest BCUT2D eigenvalue weighted by Crippen LogP contribution is 2.41. The van der Waals surface area contributed by atoms with Crippen LogP contribution in [0.25, 0.3) is 0 Å². The molecule has 1 aliphatic rings. The number of nitrogens with zero attached hydrogens (tertiary/aromatic N) is 3. The number of carboxylic acid groups (broad SMARTS) is 1. The van der Waals surface area contributed by atoms with Crippen LogP contribution in [0.3, 0.4) is 0 Å². The maximum absolute atomic E-state index is 11.6. The van der Waals surface area contributed by atoms with E-state index in [1.54, 1.807) is 19.4 Å². The molecule has 0 aliphatic heterocycles. The lowest BCUT2D eigenvalue weighted by atomic mass is 9.85. The van der Waals surface area contributed by atoms with E-state index in [0.29, 0.717) is 24.5 Å². The lowest BCUT2D eigenvalue weighted by Crippen LogP contribution is -2.22. The summed E-state index contributed by atoms with van der Waals surface area (Å²) in [6.07, 6.45) is 5.00. The van der Waals surface area contributed by atoms with Gasteiger partial charge in [-0.3, -0.25) is 4.79 Å². The van der Waals surface area contributed by atoms with Crippen molar-refractivity contribution in [2.45, 2.75) is 45.4 Å². The monoisotopic (exact) mass is 505 g/mol. The highest BCUT2D eigenvalue weighted by atomic mass is 16.5. The van der Waals surface area contributed by atoms with Crippen LogP contribution < -0.4 is 19.1 Å². The molecule has 8 nitrogen and oxygen atoms in total. The molecular formula is C29H35N3O5. The molecule has 3 aromatic rings. The first-order chi connectivity index (χ1) is 17.9. The number of hydrogen-bond acceptors (Lipinski definition) is 7. The molecule has 1 unspecified atom stereocenters. The molecule has 0 bridgehead atoms. The largest absolute Gasteiger partial charge is 0.497 e. The maximum atomic E-state index is 11.6. The zero-order chi connectivity index (χ0) is 26.4. The van der Waals surface area contributed by atoms with Crippen LogP contribution in [-0.4, -0.2) is 48.4 Å². The smallest absolute Gasteiger partial charge is 0.323 e. The van der Waals surface area contributed by atoms with E-state index >= 15 is 0 Å². The molecule has 0 radical (unpaired) electrons. The van der Waals surface area contributed by atoms with Crippen LogP contribution in [-0.2, 0) is 11.2 Å². The van der Waals surface area contributed by atoms with Crippen LogP contribution in [0.2, 0.25) is 0 Å². The van der Waals surface area contributed by atoms with Gasteiger partial charge in [0, 0.05) is 31.4 Å². The summed E-state index contributed by atoms with van der Waals surface area (Å²) in [5.74, 6) is 2.01. The highest BCUT2D eigenvalue weighted by Gasteiger charge is 2.33. The van der Waals surface area contributed by atoms with Crippen molar-refractivity contribution >= 4 is 11.8 Å². The molecule has 0 amide bonds. The summed E-state index contributed by atoms with van der Waals surface area (Å²) in [5, 5.41) is 9.55. The van der Waals surface area contributed by atoms with E-state index in [2.05, 4.69) is 20.9 Å². The Hall–Kier alpha value is -3.81. The SMILES string of the molecule is CCC(C(=O)O)[C@@H]1CCc2cc(OCCCN(C)c3nc(Oc4cccc(OC)c4)ncc3C)ccc21. The predicted octanol–water partition coefficient (Wildman–Crippen LogP) is 5.63. The fraction of sp³-hybridized carbons (Fsp3) is 0.414. The molecule has 1 aromatic heterocycles. The van der Waals surface area contributed by atoms with Crippen LogP contribution >= 0.6 is 0 Å². The number of methoxy groups -OCH3 is 1. The minimum absolute atomic E-state index is 0.0918. The van der Waals surface area contributed by atoms with E-state index in [1.807, 2.05) is 51.2 Å². The summed E-state index contributed by atoms with van der Waals surface area (Å²) >= 11 is 0. The summed E-state index contributed by atoms with van der Waals surface area (Å²) in [4.78, 5) is 22.6. The zero-order valence-corrected chi connectivity index (χ0v) is 21.9. The van der Waals surface area contributed by atoms with E-state index < -0.39 is 5.97 Å². The fourth-order valence-electron chi connectivity index (χ4n) is 4.99. The third kappa shape index (κ3) is 6.31. The van der Waals surface area contributed by atoms with Gasteiger partial charge in [-0.05, 0) is 73.9 Å². The van der Waals surface area contributed by atoms with Crippen molar-refractivity contribution in [2.24, 2.45) is 5.92 Å². The highest BCUT2D eigenvalue weighted by molar-refractivity contribution is 5.72. The van der Waals surface area contributed by atoms with Crippen molar-refractivity contribution in [3.8, 4) is 23.3 Å². The molecule has 4 rings (SSSR count). The van der Waals surface area contributed by atoms with Gasteiger partial charge in [-0.2, -0.15) is 4.98 Å². The topological polar surface area (TPSA) is 94.0 Å². The van der Waals surface area contributed by atoms with Crippen LogP contribution in [0.5, 0.6) is 23.3 Å². The van der Waals surface area contributed by atoms with Crippen molar-refractivity contribution in [3.05, 3.63) is 65.4 Å². The number of aliphatic carboxylic acids is 1. The lowest BCUT2D eigenvalue weighted by molar-refractivity contribution is -0.142. The normalized spacial score (nSPS) is 15.1. The van der Waals surface area contributed by atoms with Crippen molar-refractivity contribution in [3.63, 3.8) is 0 Å². The number of carboxylic acids is 1. The Labute approximate surface area is 218 Å². The van der Waals surface area contributed by atoms with Gasteiger partial charge in [0.1, 0.15) is 23.1 Å². The number of ether oxygens (including phenoxy) is 3. The van der Waals surface area contributed by atoms with Crippen molar-refractivity contribution < 1.29 is 24.1 Å². The number of anilines is 1. The molecule has 1 aliphatic carbocycles. The zero-order valence-electron chi connectivity index (χ0n) is 21.9. The van der Waals surface area contributed by atoms with Gasteiger partial charge in [-0.1, -0.05) is 19.1 Å². The van der Waals surface area contributed by atoms with E-state index in [0.717, 1.165) is 48.5 Å². The Morgan fingerprint density at radius 2 is 2.00 bits per heavy atom. The molecule has 1 heterocycles. The van der Waals surface area contributed by atoms with Crippen molar-refractivity contribution in [2.75, 3.05) is 32.2 Å². The Balaban J connectivity index is 1.31. The minimum atomic E-state index is -0.706. The van der Waals surface area contributed by atoms with Gasteiger partial charge in [-0.25, -0.2) is 4.98 Å². The van der Waals surface area contributed by atoms with E-state index in [4.69, 9.17) is 14.2 Å². The van der Waals surface area contributed by atoms with Crippen LogP contribution in [0, 0.1) is 12.8 Å². The van der Waals surface area contributed by atoms with Crippen LogP contribution in [0.1, 0.15) is 48.8 Å². The second-order valence-corrected chi connectivity index (χ2v) is 9.42. The maximum Gasteiger partial charge on any atom is 0.323 e. The minimum Gasteiger partial charge on any atom is -0.497 e. The standard InChI is InChI=1S/C29H35N3O5/c1-5-24(28(33)34)26-12-10-20-16-22(11-13-25(20)26)36-15-7-14-32(3)27-19(2)18-30-29(31-27)37-23-9-6-8-21(17-23)35-4/h6,8-9,11,13,16-18,24,26H,5,7,10,12,14-15H2,1-4H3,(H,33,34)/t24?,26-/m0/s1. The molecular weight excluding hydrogens is 470 g/mol. The molecule has 0 spiro atoms. The first-order valence-electron chi connectivity index (χ1n) is 12.7. The number of carbonyl (C=O) groups is 1. The molecule has 8 heteroatoms. The average molecular weight is 506 g/mol. The van der Waals surface area contributed by atoms with Gasteiger partial charge in [0.25, 0.3) is 0 Å². The molecule has 1 N–H and O–H groups in total. The van der Waals surface area contributed by atoms with Gasteiger partial charge in [0.15, 0.2) is 0 Å². The number of aryl methyl sites for hydroxylation is 2. The molecule has 2 aromatic carbocycles. The number of fused-ring (bicyclic) bond motifs is 1. The average Bonchev–Trinajstić information content (AvgIpc) is 3.31. The summed E-state index contributed by atoms with van der Waals surface area (Å²) in [6.45, 7) is 5.24. The summed E-state index contributed by atoms with van der Waals surface area (Å²) in [7, 11) is 3.61. The summed E-state index contributed by atoms with van der Waals surface area (Å²) in [6, 6.07) is 13.7. The molecule has 0 fully saturated rings. The van der Waals surface area contributed by atoms with Crippen LogP contribution in [0.4, 0.5) is 5.82 Å². The molecule has 196 valence electrons. The Bertz CT molecular complexity index is 1230. The third-order valence-electron chi connectivity index (χ3n) is 6.92. The van der Waals surface area contributed by atoms with Gasteiger partial charge in [0.2, 0.25) is 0 Å². The molecule has 0 saturated heterocycles. The molecule has 0 saturated carbocycles. The van der Waals surface area contributed by atoms with Gasteiger partial charge in [0.05, 0.1) is 19.6 Å². The second kappa shape index (κ2) is 12.0. The van der Waals surface area contributed by atoms with Crippen LogP contribution in [0.15, 0.2) is 48.7 Å².